The summed E-state index contributed by atoms with van der Waals surface area (Å²) >= 11 is 0. The number of carbonyl (C=O) groups is 2. The zero-order valence-corrected chi connectivity index (χ0v) is 18.1. The van der Waals surface area contributed by atoms with Gasteiger partial charge in [-0.3, -0.25) is 9.59 Å². The zero-order chi connectivity index (χ0) is 22.5. The Labute approximate surface area is 186 Å². The third-order valence-corrected chi connectivity index (χ3v) is 5.26. The minimum atomic E-state index is -0.154. The Kier molecular flexibility index (Phi) is 6.22. The summed E-state index contributed by atoms with van der Waals surface area (Å²) in [6, 6.07) is 23.1. The topological polar surface area (TPSA) is 83.2 Å². The molecule has 1 aromatic heterocycles. The molecule has 0 atom stereocenters. The molecule has 0 aliphatic carbocycles. The van der Waals surface area contributed by atoms with Crippen molar-refractivity contribution in [3.63, 3.8) is 0 Å². The summed E-state index contributed by atoms with van der Waals surface area (Å²) in [7, 11) is 1.65. The molecule has 3 aromatic carbocycles. The Bertz CT molecular complexity index is 1260. The first-order chi connectivity index (χ1) is 15.5. The third-order valence-electron chi connectivity index (χ3n) is 5.26. The molecule has 0 aliphatic heterocycles. The molecule has 0 saturated carbocycles. The number of amides is 2. The van der Waals surface area contributed by atoms with Crippen molar-refractivity contribution in [2.75, 3.05) is 17.7 Å². The average Bonchev–Trinajstić information content (AvgIpc) is 3.16. The predicted molar refractivity (Wildman–Crippen MR) is 128 cm³/mol. The highest BCUT2D eigenvalue weighted by Gasteiger charge is 2.15. The Morgan fingerprint density at radius 3 is 2.34 bits per heavy atom. The summed E-state index contributed by atoms with van der Waals surface area (Å²) in [6.45, 7) is 1.45. The van der Waals surface area contributed by atoms with Gasteiger partial charge in [-0.15, -0.1) is 0 Å². The molecule has 6 nitrogen and oxygen atoms in total. The van der Waals surface area contributed by atoms with Gasteiger partial charge in [0.2, 0.25) is 11.8 Å². The lowest BCUT2D eigenvalue weighted by Gasteiger charge is -2.09. The van der Waals surface area contributed by atoms with Crippen LogP contribution in [-0.2, 0) is 16.0 Å². The number of anilines is 2. The molecule has 2 amide bonds. The standard InChI is InChI=1S/C26H25N3O3/c1-17(30)27-19-6-5-7-20(16-19)28-25(31)15-14-23-22-8-3-4-9-24(22)29-26(23)18-10-12-21(32-2)13-11-18/h3-13,16,29H,14-15H2,1-2H3,(H,27,30)(H,28,31). The second kappa shape index (κ2) is 9.39. The normalized spacial score (nSPS) is 10.7. The number of H-pyrrole nitrogens is 1. The summed E-state index contributed by atoms with van der Waals surface area (Å²) in [6.07, 6.45) is 0.915. The maximum Gasteiger partial charge on any atom is 0.224 e. The van der Waals surface area contributed by atoms with Crippen molar-refractivity contribution >= 4 is 34.1 Å². The van der Waals surface area contributed by atoms with Crippen molar-refractivity contribution in [3.05, 3.63) is 78.4 Å². The number of aromatic nitrogens is 1. The van der Waals surface area contributed by atoms with E-state index in [1.807, 2.05) is 42.5 Å². The zero-order valence-electron chi connectivity index (χ0n) is 18.1. The van der Waals surface area contributed by atoms with Gasteiger partial charge in [-0.05, 0) is 66.1 Å². The number of aromatic amines is 1. The minimum Gasteiger partial charge on any atom is -0.497 e. The lowest BCUT2D eigenvalue weighted by molar-refractivity contribution is -0.116. The lowest BCUT2D eigenvalue weighted by atomic mass is 10.0. The molecule has 32 heavy (non-hydrogen) atoms. The van der Waals surface area contributed by atoms with E-state index < -0.39 is 0 Å². The highest BCUT2D eigenvalue weighted by atomic mass is 16.5. The van der Waals surface area contributed by atoms with E-state index in [4.69, 9.17) is 4.74 Å². The summed E-state index contributed by atoms with van der Waals surface area (Å²) in [5.41, 5.74) is 5.49. The van der Waals surface area contributed by atoms with E-state index in [2.05, 4.69) is 21.7 Å². The van der Waals surface area contributed by atoms with Crippen molar-refractivity contribution in [1.29, 1.82) is 0 Å². The number of aryl methyl sites for hydroxylation is 1. The van der Waals surface area contributed by atoms with Gasteiger partial charge < -0.3 is 20.4 Å². The number of methoxy groups -OCH3 is 1. The first-order valence-corrected chi connectivity index (χ1v) is 10.4. The molecule has 0 unspecified atom stereocenters. The molecule has 0 saturated heterocycles. The van der Waals surface area contributed by atoms with Crippen molar-refractivity contribution in [2.45, 2.75) is 19.8 Å². The Morgan fingerprint density at radius 1 is 0.906 bits per heavy atom. The van der Waals surface area contributed by atoms with Crippen molar-refractivity contribution < 1.29 is 14.3 Å². The maximum absolute atomic E-state index is 12.7. The number of hydrogen-bond acceptors (Lipinski definition) is 3. The van der Waals surface area contributed by atoms with E-state index >= 15 is 0 Å². The van der Waals surface area contributed by atoms with E-state index in [0.717, 1.165) is 33.5 Å². The quantitative estimate of drug-likeness (QED) is 0.371. The molecule has 0 fully saturated rings. The van der Waals surface area contributed by atoms with Crippen LogP contribution < -0.4 is 15.4 Å². The first-order valence-electron chi connectivity index (χ1n) is 10.4. The van der Waals surface area contributed by atoms with Crippen LogP contribution in [0.5, 0.6) is 5.75 Å². The van der Waals surface area contributed by atoms with Crippen LogP contribution in [0.4, 0.5) is 11.4 Å². The fraction of sp³-hybridized carbons (Fsp3) is 0.154. The van der Waals surface area contributed by atoms with Gasteiger partial charge in [0.1, 0.15) is 5.75 Å². The second-order valence-electron chi connectivity index (χ2n) is 7.56. The Hall–Kier alpha value is -4.06. The van der Waals surface area contributed by atoms with Crippen LogP contribution in [0.25, 0.3) is 22.2 Å². The molecule has 1 heterocycles. The van der Waals surface area contributed by atoms with Crippen LogP contribution in [0.3, 0.4) is 0 Å². The van der Waals surface area contributed by atoms with Crippen LogP contribution in [0.2, 0.25) is 0 Å². The number of ether oxygens (including phenoxy) is 1. The van der Waals surface area contributed by atoms with E-state index in [1.54, 1.807) is 31.4 Å². The number of rotatable bonds is 7. The van der Waals surface area contributed by atoms with E-state index in [9.17, 15) is 9.59 Å². The van der Waals surface area contributed by atoms with Gasteiger partial charge in [-0.2, -0.15) is 0 Å². The minimum absolute atomic E-state index is 0.0871. The molecule has 162 valence electrons. The number of carbonyl (C=O) groups excluding carboxylic acids is 2. The van der Waals surface area contributed by atoms with Crippen molar-refractivity contribution in [1.82, 2.24) is 4.98 Å². The van der Waals surface area contributed by atoms with Crippen LogP contribution >= 0.6 is 0 Å². The summed E-state index contributed by atoms with van der Waals surface area (Å²) in [4.78, 5) is 27.5. The number of benzene rings is 3. The summed E-state index contributed by atoms with van der Waals surface area (Å²) in [5, 5.41) is 6.76. The van der Waals surface area contributed by atoms with Crippen LogP contribution in [0.15, 0.2) is 72.8 Å². The molecule has 0 radical (unpaired) electrons. The monoisotopic (exact) mass is 427 g/mol. The van der Waals surface area contributed by atoms with Crippen molar-refractivity contribution in [3.8, 4) is 17.0 Å². The molecule has 3 N–H and O–H groups in total. The predicted octanol–water partition coefficient (Wildman–Crippen LogP) is 5.37. The van der Waals surface area contributed by atoms with Gasteiger partial charge in [0.05, 0.1) is 7.11 Å². The van der Waals surface area contributed by atoms with Gasteiger partial charge in [0.15, 0.2) is 0 Å². The van der Waals surface area contributed by atoms with Gasteiger partial charge in [-0.1, -0.05) is 24.3 Å². The number of nitrogens with one attached hydrogen (secondary N) is 3. The third kappa shape index (κ3) is 4.81. The number of para-hydroxylation sites is 1. The van der Waals surface area contributed by atoms with Crippen molar-refractivity contribution in [2.24, 2.45) is 0 Å². The molecular weight excluding hydrogens is 402 g/mol. The SMILES string of the molecule is COc1ccc(-c2[nH]c3ccccc3c2CCC(=O)Nc2cccc(NC(C)=O)c2)cc1. The smallest absolute Gasteiger partial charge is 0.224 e. The Balaban J connectivity index is 1.53. The van der Waals surface area contributed by atoms with Crippen LogP contribution in [0.1, 0.15) is 18.9 Å². The fourth-order valence-corrected chi connectivity index (χ4v) is 3.80. The van der Waals surface area contributed by atoms with Gasteiger partial charge in [-0.25, -0.2) is 0 Å². The second-order valence-corrected chi connectivity index (χ2v) is 7.56. The highest BCUT2D eigenvalue weighted by molar-refractivity contribution is 5.95. The lowest BCUT2D eigenvalue weighted by Crippen LogP contribution is -2.13. The maximum atomic E-state index is 12.7. The largest absolute Gasteiger partial charge is 0.497 e. The number of hydrogen-bond donors (Lipinski definition) is 3. The summed E-state index contributed by atoms with van der Waals surface area (Å²) < 4.78 is 5.27. The molecule has 0 bridgehead atoms. The molecular formula is C26H25N3O3. The van der Waals surface area contributed by atoms with E-state index in [-0.39, 0.29) is 11.8 Å². The first kappa shape index (κ1) is 21.2. The van der Waals surface area contributed by atoms with Crippen LogP contribution in [-0.4, -0.2) is 23.9 Å². The molecule has 4 aromatic rings. The van der Waals surface area contributed by atoms with Gasteiger partial charge >= 0.3 is 0 Å². The van der Waals surface area contributed by atoms with Gasteiger partial charge in [0, 0.05) is 41.3 Å². The van der Waals surface area contributed by atoms with E-state index in [1.165, 1.54) is 6.92 Å². The van der Waals surface area contributed by atoms with E-state index in [0.29, 0.717) is 24.2 Å². The highest BCUT2D eigenvalue weighted by Crippen LogP contribution is 2.32. The fourth-order valence-electron chi connectivity index (χ4n) is 3.80. The number of fused-ring (bicyclic) bond motifs is 1. The Morgan fingerprint density at radius 2 is 1.62 bits per heavy atom. The summed E-state index contributed by atoms with van der Waals surface area (Å²) in [5.74, 6) is 0.557. The molecule has 4 rings (SSSR count). The molecule has 0 aliphatic rings. The molecule has 0 spiro atoms. The van der Waals surface area contributed by atoms with Gasteiger partial charge in [0.25, 0.3) is 0 Å². The van der Waals surface area contributed by atoms with Crippen LogP contribution in [0, 0.1) is 0 Å². The average molecular weight is 428 g/mol. The molecule has 6 heteroatoms.